The Morgan fingerprint density at radius 3 is 2.40 bits per heavy atom. The lowest BCUT2D eigenvalue weighted by atomic mass is 9.89. The van der Waals surface area contributed by atoms with Crippen LogP contribution in [0, 0.1) is 5.92 Å². The van der Waals surface area contributed by atoms with Gasteiger partial charge in [-0.1, -0.05) is 46.1 Å². The van der Waals surface area contributed by atoms with E-state index in [1.165, 1.54) is 6.42 Å². The summed E-state index contributed by atoms with van der Waals surface area (Å²) in [6.07, 6.45) is 6.76. The highest BCUT2D eigenvalue weighted by Gasteiger charge is 2.37. The molecule has 0 bridgehead atoms. The van der Waals surface area contributed by atoms with Crippen LogP contribution in [-0.4, -0.2) is 12.1 Å². The maximum atomic E-state index is 11.4. The number of unbranched alkanes of at least 4 members (excludes halogenated alkanes) is 2. The van der Waals surface area contributed by atoms with Crippen molar-refractivity contribution in [1.82, 2.24) is 0 Å². The fourth-order valence-corrected chi connectivity index (χ4v) is 2.12. The Hall–Kier alpha value is -0.790. The van der Waals surface area contributed by atoms with Gasteiger partial charge in [-0.25, -0.2) is 4.79 Å². The molecule has 15 heavy (non-hydrogen) atoms. The predicted octanol–water partition coefficient (Wildman–Crippen LogP) is 3.46. The van der Waals surface area contributed by atoms with Gasteiger partial charge in [0.2, 0.25) is 0 Å². The van der Waals surface area contributed by atoms with E-state index >= 15 is 0 Å². The highest BCUT2D eigenvalue weighted by atomic mass is 16.6. The van der Waals surface area contributed by atoms with Crippen molar-refractivity contribution in [3.8, 4) is 0 Å². The number of hydrogen-bond donors (Lipinski definition) is 0. The molecule has 2 nitrogen and oxygen atoms in total. The molecule has 0 spiro atoms. The summed E-state index contributed by atoms with van der Waals surface area (Å²) in [7, 11) is 0. The predicted molar refractivity (Wildman–Crippen MR) is 61.6 cm³/mol. The summed E-state index contributed by atoms with van der Waals surface area (Å²) in [6.45, 7) is 8.18. The van der Waals surface area contributed by atoms with E-state index in [1.807, 2.05) is 0 Å². The van der Waals surface area contributed by atoms with E-state index in [9.17, 15) is 4.79 Å². The Kier molecular flexibility index (Phi) is 4.86. The molecule has 1 aliphatic heterocycles. The van der Waals surface area contributed by atoms with E-state index in [2.05, 4.69) is 20.4 Å². The second-order valence-electron chi connectivity index (χ2n) is 4.36. The molecule has 1 rings (SSSR count). The SMILES string of the molecule is C=C1C(=O)O[C@@H](CCCC)[C@@H]1CCCC. The minimum Gasteiger partial charge on any atom is -0.458 e. The number of rotatable bonds is 6. The number of hydrogen-bond acceptors (Lipinski definition) is 2. The molecule has 0 unspecified atom stereocenters. The zero-order chi connectivity index (χ0) is 11.3. The van der Waals surface area contributed by atoms with Crippen molar-refractivity contribution in [2.45, 2.75) is 58.5 Å². The first kappa shape index (κ1) is 12.3. The topological polar surface area (TPSA) is 26.3 Å². The smallest absolute Gasteiger partial charge is 0.334 e. The summed E-state index contributed by atoms with van der Waals surface area (Å²) in [4.78, 5) is 11.4. The zero-order valence-corrected chi connectivity index (χ0v) is 9.92. The lowest BCUT2D eigenvalue weighted by Gasteiger charge is -2.16. The lowest BCUT2D eigenvalue weighted by molar-refractivity contribution is -0.139. The van der Waals surface area contributed by atoms with Gasteiger partial charge in [0.1, 0.15) is 6.10 Å². The van der Waals surface area contributed by atoms with E-state index in [-0.39, 0.29) is 18.0 Å². The highest BCUT2D eigenvalue weighted by Crippen LogP contribution is 2.33. The molecule has 1 fully saturated rings. The lowest BCUT2D eigenvalue weighted by Crippen LogP contribution is -2.16. The van der Waals surface area contributed by atoms with Gasteiger partial charge in [-0.3, -0.25) is 0 Å². The van der Waals surface area contributed by atoms with Gasteiger partial charge >= 0.3 is 5.97 Å². The average Bonchev–Trinajstić information content (AvgIpc) is 2.50. The Morgan fingerprint density at radius 2 is 1.80 bits per heavy atom. The normalized spacial score (nSPS) is 25.7. The van der Waals surface area contributed by atoms with Crippen molar-refractivity contribution in [2.24, 2.45) is 5.92 Å². The summed E-state index contributed by atoms with van der Waals surface area (Å²) in [6, 6.07) is 0. The molecule has 1 aliphatic rings. The van der Waals surface area contributed by atoms with Gasteiger partial charge in [-0.05, 0) is 12.8 Å². The summed E-state index contributed by atoms with van der Waals surface area (Å²) in [5, 5.41) is 0. The zero-order valence-electron chi connectivity index (χ0n) is 9.92. The molecule has 0 aromatic carbocycles. The number of carbonyl (C=O) groups excluding carboxylic acids is 1. The fourth-order valence-electron chi connectivity index (χ4n) is 2.12. The van der Waals surface area contributed by atoms with Crippen LogP contribution >= 0.6 is 0 Å². The van der Waals surface area contributed by atoms with Crippen LogP contribution in [0.15, 0.2) is 12.2 Å². The molecular formula is C13H22O2. The van der Waals surface area contributed by atoms with Gasteiger partial charge in [0.15, 0.2) is 0 Å². The van der Waals surface area contributed by atoms with Crippen molar-refractivity contribution in [3.05, 3.63) is 12.2 Å². The first-order chi connectivity index (χ1) is 7.20. The molecule has 86 valence electrons. The molecule has 0 aromatic rings. The number of carbonyl (C=O) groups is 1. The van der Waals surface area contributed by atoms with Crippen LogP contribution in [0.25, 0.3) is 0 Å². The van der Waals surface area contributed by atoms with Crippen LogP contribution < -0.4 is 0 Å². The maximum Gasteiger partial charge on any atom is 0.334 e. The van der Waals surface area contributed by atoms with Crippen molar-refractivity contribution < 1.29 is 9.53 Å². The summed E-state index contributed by atoms with van der Waals surface area (Å²) < 4.78 is 5.35. The summed E-state index contributed by atoms with van der Waals surface area (Å²) >= 11 is 0. The van der Waals surface area contributed by atoms with Crippen LogP contribution in [0.5, 0.6) is 0 Å². The van der Waals surface area contributed by atoms with Gasteiger partial charge in [0.25, 0.3) is 0 Å². The minimum absolute atomic E-state index is 0.108. The van der Waals surface area contributed by atoms with E-state index < -0.39 is 0 Å². The van der Waals surface area contributed by atoms with Gasteiger partial charge in [0.05, 0.1) is 0 Å². The van der Waals surface area contributed by atoms with Gasteiger partial charge in [-0.2, -0.15) is 0 Å². The molecule has 0 radical (unpaired) electrons. The van der Waals surface area contributed by atoms with Crippen LogP contribution in [0.3, 0.4) is 0 Å². The Balaban J connectivity index is 2.52. The quantitative estimate of drug-likeness (QED) is 0.495. The second kappa shape index (κ2) is 5.94. The molecule has 1 saturated heterocycles. The van der Waals surface area contributed by atoms with Gasteiger partial charge < -0.3 is 4.74 Å². The van der Waals surface area contributed by atoms with Crippen molar-refractivity contribution in [2.75, 3.05) is 0 Å². The first-order valence-electron chi connectivity index (χ1n) is 6.10. The largest absolute Gasteiger partial charge is 0.458 e. The van der Waals surface area contributed by atoms with E-state index in [1.54, 1.807) is 0 Å². The van der Waals surface area contributed by atoms with E-state index in [0.717, 1.165) is 32.1 Å². The van der Waals surface area contributed by atoms with Crippen molar-refractivity contribution >= 4 is 5.97 Å². The first-order valence-corrected chi connectivity index (χ1v) is 6.10. The Morgan fingerprint density at radius 1 is 1.20 bits per heavy atom. The van der Waals surface area contributed by atoms with Crippen molar-refractivity contribution in [3.63, 3.8) is 0 Å². The van der Waals surface area contributed by atoms with E-state index in [0.29, 0.717) is 5.57 Å². The van der Waals surface area contributed by atoms with Crippen LogP contribution in [-0.2, 0) is 9.53 Å². The number of ether oxygens (including phenoxy) is 1. The average molecular weight is 210 g/mol. The molecular weight excluding hydrogens is 188 g/mol. The second-order valence-corrected chi connectivity index (χ2v) is 4.36. The third-order valence-corrected chi connectivity index (χ3v) is 3.13. The van der Waals surface area contributed by atoms with E-state index in [4.69, 9.17) is 4.74 Å². The standard InChI is InChI=1S/C13H22O2/c1-4-6-8-11-10(3)13(14)15-12(11)9-7-5-2/h11-12H,3-9H2,1-2H3/t11-,12+/m1/s1. The minimum atomic E-state index is -0.169. The van der Waals surface area contributed by atoms with Crippen molar-refractivity contribution in [1.29, 1.82) is 0 Å². The number of esters is 1. The van der Waals surface area contributed by atoms with Crippen LogP contribution in [0.4, 0.5) is 0 Å². The molecule has 0 amide bonds. The Labute approximate surface area is 92.7 Å². The highest BCUT2D eigenvalue weighted by molar-refractivity contribution is 5.90. The third kappa shape index (κ3) is 3.08. The summed E-state index contributed by atoms with van der Waals surface area (Å²) in [5.41, 5.74) is 0.699. The van der Waals surface area contributed by atoms with Gasteiger partial charge in [0, 0.05) is 11.5 Å². The molecule has 0 saturated carbocycles. The molecule has 0 aromatic heterocycles. The van der Waals surface area contributed by atoms with Crippen LogP contribution in [0.2, 0.25) is 0 Å². The van der Waals surface area contributed by atoms with Crippen LogP contribution in [0.1, 0.15) is 52.4 Å². The molecule has 0 aliphatic carbocycles. The molecule has 2 heteroatoms. The molecule has 1 heterocycles. The van der Waals surface area contributed by atoms with Gasteiger partial charge in [-0.15, -0.1) is 0 Å². The number of cyclic esters (lactones) is 1. The maximum absolute atomic E-state index is 11.4. The monoisotopic (exact) mass is 210 g/mol. The third-order valence-electron chi connectivity index (χ3n) is 3.13. The fraction of sp³-hybridized carbons (Fsp3) is 0.769. The summed E-state index contributed by atoms with van der Waals surface area (Å²) in [5.74, 6) is 0.112. The molecule has 0 N–H and O–H groups in total. The molecule has 2 atom stereocenters. The Bertz CT molecular complexity index is 233.